The second kappa shape index (κ2) is 15.1. The van der Waals surface area contributed by atoms with E-state index in [9.17, 15) is 23.1 Å². The standard InChI is InChI=1S/C32H35N7O6S2/c33-32(34)37-11-3-7-26(31(41)42)38-30(40)29-25(9-13-46-29)39-47(43,44)27-16-24(15-23-8-12-45-28(23)27)22-6-1-4-20(14-22)17-36-19-21-5-2-10-35-18-21/h1-2,4-6,9-10,13-16,18,26,36,39H,3,7-8,11-12,17,19H2,(H,38,40)(H,41,42)(H4,33,34,37)/t26-/m0/s1. The highest BCUT2D eigenvalue weighted by Gasteiger charge is 2.29. The quantitative estimate of drug-likeness (QED) is 0.0555. The first kappa shape index (κ1) is 33.4. The van der Waals surface area contributed by atoms with Crippen LogP contribution in [0.25, 0.3) is 11.1 Å². The van der Waals surface area contributed by atoms with Crippen LogP contribution in [-0.4, -0.2) is 55.5 Å². The third-order valence-electron chi connectivity index (χ3n) is 7.38. The zero-order valence-electron chi connectivity index (χ0n) is 25.3. The van der Waals surface area contributed by atoms with Gasteiger partial charge in [-0.2, -0.15) is 0 Å². The summed E-state index contributed by atoms with van der Waals surface area (Å²) in [5.74, 6) is -1.94. The number of carboxylic acid groups (broad SMARTS) is 1. The van der Waals surface area contributed by atoms with Crippen molar-refractivity contribution in [2.75, 3.05) is 17.9 Å². The van der Waals surface area contributed by atoms with Crippen LogP contribution >= 0.6 is 11.3 Å². The summed E-state index contributed by atoms with van der Waals surface area (Å²) in [4.78, 5) is 29.0. The van der Waals surface area contributed by atoms with Crippen molar-refractivity contribution >= 4 is 44.9 Å². The highest BCUT2D eigenvalue weighted by Crippen LogP contribution is 2.39. The van der Waals surface area contributed by atoms with Gasteiger partial charge in [-0.05, 0) is 76.4 Å². The number of aliphatic carboxylic acids is 1. The third kappa shape index (κ3) is 8.64. The Labute approximate surface area is 276 Å². The summed E-state index contributed by atoms with van der Waals surface area (Å²) in [5.41, 5.74) is 9.66. The molecule has 15 heteroatoms. The molecule has 0 spiro atoms. The molecule has 47 heavy (non-hydrogen) atoms. The lowest BCUT2D eigenvalue weighted by molar-refractivity contribution is -0.139. The van der Waals surface area contributed by atoms with E-state index >= 15 is 0 Å². The molecule has 5 rings (SSSR count). The zero-order valence-corrected chi connectivity index (χ0v) is 26.9. The fraction of sp³-hybridized carbons (Fsp3) is 0.250. The van der Waals surface area contributed by atoms with Gasteiger partial charge in [0.25, 0.3) is 15.9 Å². The maximum Gasteiger partial charge on any atom is 0.326 e. The lowest BCUT2D eigenvalue weighted by atomic mass is 10.00. The van der Waals surface area contributed by atoms with Gasteiger partial charge in [-0.15, -0.1) is 11.3 Å². The number of hydrogen-bond acceptors (Lipinski definition) is 9. The Bertz CT molecular complexity index is 1860. The van der Waals surface area contributed by atoms with Crippen LogP contribution in [0.15, 0.2) is 77.3 Å². The molecule has 0 saturated carbocycles. The molecule has 1 aliphatic heterocycles. The number of thiophene rings is 1. The van der Waals surface area contributed by atoms with Crippen LogP contribution in [0.2, 0.25) is 0 Å². The summed E-state index contributed by atoms with van der Waals surface area (Å²) >= 11 is 0.982. The molecule has 0 aliphatic carbocycles. The number of carboxylic acids is 1. The van der Waals surface area contributed by atoms with E-state index in [0.717, 1.165) is 33.6 Å². The van der Waals surface area contributed by atoms with E-state index in [0.29, 0.717) is 38.1 Å². The highest BCUT2D eigenvalue weighted by molar-refractivity contribution is 7.92. The summed E-state index contributed by atoms with van der Waals surface area (Å²) in [7, 11) is -4.24. The average Bonchev–Trinajstić information content (AvgIpc) is 3.72. The molecule has 4 aromatic rings. The Balaban J connectivity index is 1.33. The van der Waals surface area contributed by atoms with Crippen molar-refractivity contribution in [2.45, 2.75) is 43.3 Å². The molecule has 1 aliphatic rings. The number of benzene rings is 2. The molecule has 1 amide bonds. The number of sulfonamides is 1. The van der Waals surface area contributed by atoms with Crippen molar-refractivity contribution < 1.29 is 27.9 Å². The number of pyridine rings is 1. The van der Waals surface area contributed by atoms with Crippen LogP contribution in [0.4, 0.5) is 5.69 Å². The fourth-order valence-electron chi connectivity index (χ4n) is 5.13. The second-order valence-corrected chi connectivity index (χ2v) is 13.4. The normalized spacial score (nSPS) is 12.9. The largest absolute Gasteiger partial charge is 0.492 e. The number of aromatic nitrogens is 1. The Morgan fingerprint density at radius 3 is 2.66 bits per heavy atom. The summed E-state index contributed by atoms with van der Waals surface area (Å²) in [6.45, 7) is 1.85. The number of nitrogens with zero attached hydrogens (tertiary/aromatic N) is 1. The van der Waals surface area contributed by atoms with Crippen LogP contribution in [-0.2, 0) is 34.3 Å². The van der Waals surface area contributed by atoms with Crippen molar-refractivity contribution in [3.8, 4) is 16.9 Å². The molecule has 8 N–H and O–H groups in total. The van der Waals surface area contributed by atoms with Gasteiger partial charge in [0, 0.05) is 38.4 Å². The number of guanidine groups is 1. The number of hydrogen-bond donors (Lipinski definition) is 7. The molecule has 0 saturated heterocycles. The van der Waals surface area contributed by atoms with E-state index in [-0.39, 0.29) is 40.1 Å². The second-order valence-electron chi connectivity index (χ2n) is 10.8. The minimum absolute atomic E-state index is 0.0156. The number of carbonyl (C=O) groups excluding carboxylic acids is 1. The van der Waals surface area contributed by atoms with E-state index in [1.165, 1.54) is 6.07 Å². The van der Waals surface area contributed by atoms with Gasteiger partial charge in [-0.25, -0.2) is 13.2 Å². The smallest absolute Gasteiger partial charge is 0.326 e. The minimum Gasteiger partial charge on any atom is -0.492 e. The molecular formula is C32H35N7O6S2. The first-order valence-electron chi connectivity index (χ1n) is 14.8. The predicted molar refractivity (Wildman–Crippen MR) is 179 cm³/mol. The highest BCUT2D eigenvalue weighted by atomic mass is 32.2. The van der Waals surface area contributed by atoms with Gasteiger partial charge in [0.05, 0.1) is 12.3 Å². The topological polar surface area (TPSA) is 209 Å². The Morgan fingerprint density at radius 2 is 1.89 bits per heavy atom. The zero-order chi connectivity index (χ0) is 33.4. The number of nitrogens with one attached hydrogen (secondary N) is 5. The predicted octanol–water partition coefficient (Wildman–Crippen LogP) is 3.28. The fourth-order valence-corrected chi connectivity index (χ4v) is 7.23. The first-order valence-corrected chi connectivity index (χ1v) is 17.2. The maximum atomic E-state index is 13.9. The SMILES string of the molecule is N=C(N)NCCC[C@H](NC(=O)c1sccc1NS(=O)(=O)c1cc(-c2cccc(CNCc3cccnc3)c2)cc2c1OCC2)C(=O)O. The van der Waals surface area contributed by atoms with E-state index in [1.807, 2.05) is 48.7 Å². The van der Waals surface area contributed by atoms with Gasteiger partial charge in [0.2, 0.25) is 0 Å². The molecule has 0 fully saturated rings. The molecular weight excluding hydrogens is 643 g/mol. The number of nitrogens with two attached hydrogens (primary N) is 1. The van der Waals surface area contributed by atoms with Crippen molar-refractivity contribution in [1.29, 1.82) is 5.41 Å². The number of carbonyl (C=O) groups is 2. The lowest BCUT2D eigenvalue weighted by Gasteiger charge is -2.16. The Morgan fingerprint density at radius 1 is 1.09 bits per heavy atom. The van der Waals surface area contributed by atoms with Crippen molar-refractivity contribution in [3.05, 3.63) is 93.9 Å². The van der Waals surface area contributed by atoms with E-state index in [2.05, 4.69) is 25.7 Å². The van der Waals surface area contributed by atoms with Gasteiger partial charge in [-0.3, -0.25) is 19.9 Å². The van der Waals surface area contributed by atoms with E-state index in [1.54, 1.807) is 17.6 Å². The molecule has 2 aromatic heterocycles. The maximum absolute atomic E-state index is 13.9. The average molecular weight is 678 g/mol. The van der Waals surface area contributed by atoms with Crippen LogP contribution in [0.3, 0.4) is 0 Å². The molecule has 13 nitrogen and oxygen atoms in total. The number of ether oxygens (including phenoxy) is 1. The van der Waals surface area contributed by atoms with E-state index in [4.69, 9.17) is 15.9 Å². The van der Waals surface area contributed by atoms with Gasteiger partial charge < -0.3 is 31.5 Å². The van der Waals surface area contributed by atoms with Gasteiger partial charge >= 0.3 is 5.97 Å². The number of anilines is 1. The van der Waals surface area contributed by atoms with Crippen LogP contribution in [0.1, 0.15) is 39.2 Å². The number of amides is 1. The van der Waals surface area contributed by atoms with Crippen molar-refractivity contribution in [3.63, 3.8) is 0 Å². The van der Waals surface area contributed by atoms with Crippen LogP contribution < -0.4 is 31.1 Å². The lowest BCUT2D eigenvalue weighted by Crippen LogP contribution is -2.41. The monoisotopic (exact) mass is 677 g/mol. The minimum atomic E-state index is -4.24. The third-order valence-corrected chi connectivity index (χ3v) is 9.67. The van der Waals surface area contributed by atoms with Gasteiger partial charge in [-0.1, -0.05) is 24.3 Å². The number of fused-ring (bicyclic) bond motifs is 1. The first-order chi connectivity index (χ1) is 22.6. The molecule has 0 bridgehead atoms. The van der Waals surface area contributed by atoms with Crippen LogP contribution in [0.5, 0.6) is 5.75 Å². The Hall–Kier alpha value is -4.99. The Kier molecular flexibility index (Phi) is 10.7. The van der Waals surface area contributed by atoms with Crippen molar-refractivity contribution in [2.24, 2.45) is 5.73 Å². The molecule has 0 unspecified atom stereocenters. The number of rotatable bonds is 15. The molecule has 1 atom stereocenters. The van der Waals surface area contributed by atoms with E-state index < -0.39 is 27.9 Å². The summed E-state index contributed by atoms with van der Waals surface area (Å²) in [6, 6.07) is 15.5. The summed E-state index contributed by atoms with van der Waals surface area (Å²) < 4.78 is 36.0. The molecule has 3 heterocycles. The van der Waals surface area contributed by atoms with Gasteiger partial charge in [0.15, 0.2) is 5.96 Å². The molecule has 2 aromatic carbocycles. The summed E-state index contributed by atoms with van der Waals surface area (Å²) in [6.07, 6.45) is 4.48. The van der Waals surface area contributed by atoms with Crippen molar-refractivity contribution in [1.82, 2.24) is 20.9 Å². The molecule has 0 radical (unpaired) electrons. The summed E-state index contributed by atoms with van der Waals surface area (Å²) in [5, 5.41) is 26.8. The van der Waals surface area contributed by atoms with Gasteiger partial charge in [0.1, 0.15) is 21.6 Å². The van der Waals surface area contributed by atoms with Crippen LogP contribution in [0, 0.1) is 5.41 Å². The molecule has 246 valence electrons.